The maximum atomic E-state index is 13.1. The molecule has 0 N–H and O–H groups in total. The van der Waals surface area contributed by atoms with Gasteiger partial charge < -0.3 is 4.90 Å². The summed E-state index contributed by atoms with van der Waals surface area (Å²) in [6.07, 6.45) is 1.77. The number of rotatable bonds is 3. The Kier molecular flexibility index (Phi) is 4.34. The first-order valence-electron chi connectivity index (χ1n) is 6.33. The summed E-state index contributed by atoms with van der Waals surface area (Å²) in [4.78, 5) is 25.7. The third-order valence-corrected chi connectivity index (χ3v) is 4.01. The highest BCUT2D eigenvalue weighted by Crippen LogP contribution is 2.31. The molecule has 1 aliphatic heterocycles. The summed E-state index contributed by atoms with van der Waals surface area (Å²) in [6.45, 7) is 2.33. The number of anilines is 1. The van der Waals surface area contributed by atoms with Crippen LogP contribution in [0.15, 0.2) is 22.7 Å². The van der Waals surface area contributed by atoms with E-state index in [1.807, 2.05) is 0 Å². The van der Waals surface area contributed by atoms with Crippen LogP contribution in [0.3, 0.4) is 0 Å². The van der Waals surface area contributed by atoms with Gasteiger partial charge in [-0.25, -0.2) is 4.39 Å². The first-order chi connectivity index (χ1) is 9.04. The second kappa shape index (κ2) is 5.82. The molecule has 1 amide bonds. The van der Waals surface area contributed by atoms with Crippen LogP contribution >= 0.6 is 15.9 Å². The molecule has 19 heavy (non-hydrogen) atoms. The van der Waals surface area contributed by atoms with Gasteiger partial charge in [-0.2, -0.15) is 0 Å². The molecule has 0 radical (unpaired) electrons. The third-order valence-electron chi connectivity index (χ3n) is 3.38. The lowest BCUT2D eigenvalue weighted by atomic mass is 9.91. The highest BCUT2D eigenvalue weighted by molar-refractivity contribution is 9.10. The zero-order valence-corrected chi connectivity index (χ0v) is 12.2. The fraction of sp³-hybridized carbons (Fsp3) is 0.429. The molecule has 1 aliphatic rings. The van der Waals surface area contributed by atoms with Crippen LogP contribution in [-0.4, -0.2) is 18.2 Å². The first-order valence-corrected chi connectivity index (χ1v) is 7.13. The van der Waals surface area contributed by atoms with Crippen LogP contribution in [0.1, 0.15) is 26.2 Å². The summed E-state index contributed by atoms with van der Waals surface area (Å²) in [6, 6.07) is 4.21. The van der Waals surface area contributed by atoms with Crippen LogP contribution < -0.4 is 4.90 Å². The molecule has 1 heterocycles. The number of carbonyl (C=O) groups is 2. The van der Waals surface area contributed by atoms with Crippen LogP contribution in [0, 0.1) is 11.7 Å². The van der Waals surface area contributed by atoms with E-state index >= 15 is 0 Å². The monoisotopic (exact) mass is 327 g/mol. The Labute approximate surface area is 119 Å². The number of Topliss-reactive ketones (excluding diaryl/α,β-unsaturated/α-hetero) is 1. The zero-order valence-electron chi connectivity index (χ0n) is 10.7. The van der Waals surface area contributed by atoms with Crippen molar-refractivity contribution < 1.29 is 14.0 Å². The number of carbonyl (C=O) groups excluding carboxylic acids is 2. The van der Waals surface area contributed by atoms with Gasteiger partial charge in [0.15, 0.2) is 0 Å². The maximum absolute atomic E-state index is 13.1. The van der Waals surface area contributed by atoms with Gasteiger partial charge in [-0.05, 0) is 47.0 Å². The number of nitrogens with zero attached hydrogens (tertiary/aromatic N) is 1. The molecule has 102 valence electrons. The lowest BCUT2D eigenvalue weighted by Crippen LogP contribution is -2.44. The molecule has 0 aliphatic carbocycles. The van der Waals surface area contributed by atoms with Crippen LogP contribution in [0.2, 0.25) is 0 Å². The van der Waals surface area contributed by atoms with Crippen molar-refractivity contribution in [3.63, 3.8) is 0 Å². The molecule has 1 fully saturated rings. The molecule has 0 bridgehead atoms. The predicted octanol–water partition coefficient (Wildman–Crippen LogP) is 3.31. The Morgan fingerprint density at radius 2 is 2.26 bits per heavy atom. The third kappa shape index (κ3) is 2.86. The Hall–Kier alpha value is -1.23. The Morgan fingerprint density at radius 1 is 1.53 bits per heavy atom. The van der Waals surface area contributed by atoms with Gasteiger partial charge in [0.25, 0.3) is 0 Å². The molecule has 2 rings (SSSR count). The lowest BCUT2D eigenvalue weighted by molar-refractivity contribution is -0.133. The number of ketones is 1. The summed E-state index contributed by atoms with van der Waals surface area (Å²) < 4.78 is 13.6. The fourth-order valence-electron chi connectivity index (χ4n) is 2.36. The Balaban J connectivity index is 2.29. The average Bonchev–Trinajstić information content (AvgIpc) is 2.39. The average molecular weight is 328 g/mol. The van der Waals surface area contributed by atoms with E-state index in [1.54, 1.807) is 17.9 Å². The van der Waals surface area contributed by atoms with E-state index in [-0.39, 0.29) is 17.5 Å². The van der Waals surface area contributed by atoms with E-state index in [1.165, 1.54) is 12.1 Å². The molecule has 3 nitrogen and oxygen atoms in total. The number of hydrogen-bond donors (Lipinski definition) is 0. The van der Waals surface area contributed by atoms with Gasteiger partial charge in [0, 0.05) is 17.4 Å². The fourth-order valence-corrected chi connectivity index (χ4v) is 2.92. The second-order valence-electron chi connectivity index (χ2n) is 4.60. The molecule has 1 aromatic rings. The van der Waals surface area contributed by atoms with Gasteiger partial charge in [0.1, 0.15) is 11.6 Å². The van der Waals surface area contributed by atoms with E-state index in [9.17, 15) is 14.0 Å². The summed E-state index contributed by atoms with van der Waals surface area (Å²) in [5.74, 6) is -1.10. The molecular weight excluding hydrogens is 313 g/mol. The van der Waals surface area contributed by atoms with Crippen molar-refractivity contribution in [1.82, 2.24) is 0 Å². The van der Waals surface area contributed by atoms with E-state index in [2.05, 4.69) is 15.9 Å². The highest BCUT2D eigenvalue weighted by atomic mass is 79.9. The number of benzene rings is 1. The van der Waals surface area contributed by atoms with Gasteiger partial charge in [-0.3, -0.25) is 9.59 Å². The van der Waals surface area contributed by atoms with Crippen molar-refractivity contribution in [2.24, 2.45) is 5.92 Å². The van der Waals surface area contributed by atoms with E-state index in [0.29, 0.717) is 29.5 Å². The first kappa shape index (κ1) is 14.2. The molecular formula is C14H15BrFNO2. The Morgan fingerprint density at radius 3 is 2.89 bits per heavy atom. The second-order valence-corrected chi connectivity index (χ2v) is 5.45. The Bertz CT molecular complexity index is 518. The van der Waals surface area contributed by atoms with Gasteiger partial charge >= 0.3 is 0 Å². The minimum Gasteiger partial charge on any atom is -0.311 e. The van der Waals surface area contributed by atoms with Crippen LogP contribution in [-0.2, 0) is 9.59 Å². The number of halogens is 2. The van der Waals surface area contributed by atoms with Gasteiger partial charge in [0.2, 0.25) is 5.91 Å². The molecule has 5 heteroatoms. The largest absolute Gasteiger partial charge is 0.311 e. The van der Waals surface area contributed by atoms with Crippen molar-refractivity contribution in [2.75, 3.05) is 11.4 Å². The topological polar surface area (TPSA) is 37.4 Å². The normalized spacial score (nSPS) is 19.6. The van der Waals surface area contributed by atoms with Crippen molar-refractivity contribution in [3.8, 4) is 0 Å². The molecule has 0 spiro atoms. The van der Waals surface area contributed by atoms with E-state index < -0.39 is 5.92 Å². The number of piperidine rings is 1. The van der Waals surface area contributed by atoms with Gasteiger partial charge in [-0.1, -0.05) is 6.92 Å². The van der Waals surface area contributed by atoms with Crippen molar-refractivity contribution in [3.05, 3.63) is 28.5 Å². The number of hydrogen-bond acceptors (Lipinski definition) is 2. The van der Waals surface area contributed by atoms with E-state index in [0.717, 1.165) is 6.42 Å². The minimum absolute atomic E-state index is 0.0204. The van der Waals surface area contributed by atoms with Gasteiger partial charge in [0.05, 0.1) is 11.6 Å². The van der Waals surface area contributed by atoms with Crippen molar-refractivity contribution in [1.29, 1.82) is 0 Å². The summed E-state index contributed by atoms with van der Waals surface area (Å²) in [5, 5.41) is 0. The summed E-state index contributed by atoms with van der Waals surface area (Å²) >= 11 is 3.27. The predicted molar refractivity (Wildman–Crippen MR) is 74.5 cm³/mol. The van der Waals surface area contributed by atoms with Crippen molar-refractivity contribution in [2.45, 2.75) is 26.2 Å². The van der Waals surface area contributed by atoms with E-state index in [4.69, 9.17) is 0 Å². The molecule has 1 saturated heterocycles. The van der Waals surface area contributed by atoms with Crippen LogP contribution in [0.25, 0.3) is 0 Å². The lowest BCUT2D eigenvalue weighted by Gasteiger charge is -2.32. The summed E-state index contributed by atoms with van der Waals surface area (Å²) in [5.41, 5.74) is 0.625. The molecule has 0 unspecified atom stereocenters. The van der Waals surface area contributed by atoms with Crippen molar-refractivity contribution >= 4 is 33.3 Å². The van der Waals surface area contributed by atoms with Gasteiger partial charge in [-0.15, -0.1) is 0 Å². The number of amides is 1. The molecule has 0 aromatic heterocycles. The maximum Gasteiger partial charge on any atom is 0.237 e. The molecule has 1 atom stereocenters. The highest BCUT2D eigenvalue weighted by Gasteiger charge is 2.34. The van der Waals surface area contributed by atoms with Crippen LogP contribution in [0.5, 0.6) is 0 Å². The molecule has 0 saturated carbocycles. The minimum atomic E-state index is -0.546. The van der Waals surface area contributed by atoms with Crippen LogP contribution in [0.4, 0.5) is 10.1 Å². The summed E-state index contributed by atoms with van der Waals surface area (Å²) in [7, 11) is 0. The quantitative estimate of drug-likeness (QED) is 0.799. The molecule has 1 aromatic carbocycles. The standard InChI is InChI=1S/C14H15BrFNO2/c1-2-13(18)10-4-3-7-17(14(10)19)12-6-5-9(16)8-11(12)15/h5-6,8,10H,2-4,7H2,1H3/t10-/m0/s1. The SMILES string of the molecule is CCC(=O)[C@@H]1CCCN(c2ccc(F)cc2Br)C1=O. The smallest absolute Gasteiger partial charge is 0.237 e. The zero-order chi connectivity index (χ0) is 14.0.